The van der Waals surface area contributed by atoms with E-state index in [0.717, 1.165) is 0 Å². The van der Waals surface area contributed by atoms with Gasteiger partial charge in [-0.1, -0.05) is 13.8 Å². The molecule has 1 aromatic rings. The number of hydrogen-bond donors (Lipinski definition) is 2. The zero-order valence-corrected chi connectivity index (χ0v) is 11.0. The van der Waals surface area contributed by atoms with Gasteiger partial charge < -0.3 is 11.1 Å². The molecule has 0 radical (unpaired) electrons. The first-order valence-electron chi connectivity index (χ1n) is 5.91. The fourth-order valence-electron chi connectivity index (χ4n) is 1.47. The number of rotatable bonds is 5. The average Bonchev–Trinajstić information content (AvgIpc) is 2.31. The molecule has 0 saturated heterocycles. The number of nitro groups is 1. The van der Waals surface area contributed by atoms with Crippen molar-refractivity contribution in [2.45, 2.75) is 26.3 Å². The highest BCUT2D eigenvalue weighted by Gasteiger charge is 2.23. The van der Waals surface area contributed by atoms with E-state index in [1.165, 1.54) is 0 Å². The molecular weight excluding hydrogens is 272 g/mol. The second-order valence-corrected chi connectivity index (χ2v) is 4.70. The summed E-state index contributed by atoms with van der Waals surface area (Å²) < 4.78 is 26.5. The molecule has 8 heteroatoms. The van der Waals surface area contributed by atoms with Crippen molar-refractivity contribution in [3.05, 3.63) is 33.9 Å². The molecule has 1 aromatic carbocycles. The van der Waals surface area contributed by atoms with Gasteiger partial charge in [0, 0.05) is 18.5 Å². The Morgan fingerprint density at radius 3 is 2.55 bits per heavy atom. The normalized spacial score (nSPS) is 12.3. The Hall–Kier alpha value is -2.09. The number of amides is 1. The maximum Gasteiger partial charge on any atom is 0.298 e. The van der Waals surface area contributed by atoms with Crippen LogP contribution in [0.5, 0.6) is 0 Å². The maximum absolute atomic E-state index is 13.5. The highest BCUT2D eigenvalue weighted by Crippen LogP contribution is 2.28. The standard InChI is InChI=1S/C12H15F2N3O3/c1-6(2)9(15)5-11(18)16-12-8(14)3-7(13)4-10(12)17(19)20/h3-4,6,9H,5,15H2,1-2H3,(H,16,18). The zero-order chi connectivity index (χ0) is 15.4. The number of benzene rings is 1. The Kier molecular flexibility index (Phi) is 5.09. The molecule has 0 aliphatic carbocycles. The highest BCUT2D eigenvalue weighted by molar-refractivity contribution is 5.93. The minimum atomic E-state index is -1.21. The fourth-order valence-corrected chi connectivity index (χ4v) is 1.47. The van der Waals surface area contributed by atoms with Crippen molar-refractivity contribution in [1.82, 2.24) is 0 Å². The molecule has 1 unspecified atom stereocenters. The zero-order valence-electron chi connectivity index (χ0n) is 11.0. The molecule has 0 aliphatic rings. The van der Waals surface area contributed by atoms with Gasteiger partial charge in [0.05, 0.1) is 11.0 Å². The summed E-state index contributed by atoms with van der Waals surface area (Å²) in [6, 6.07) is 0.545. The van der Waals surface area contributed by atoms with E-state index in [2.05, 4.69) is 5.32 Å². The Morgan fingerprint density at radius 2 is 2.05 bits per heavy atom. The van der Waals surface area contributed by atoms with Gasteiger partial charge in [-0.25, -0.2) is 8.78 Å². The summed E-state index contributed by atoms with van der Waals surface area (Å²) in [5, 5.41) is 12.8. The van der Waals surface area contributed by atoms with Crippen LogP contribution in [0.2, 0.25) is 0 Å². The van der Waals surface area contributed by atoms with Gasteiger partial charge in [-0.2, -0.15) is 0 Å². The Balaban J connectivity index is 2.97. The van der Waals surface area contributed by atoms with Crippen LogP contribution >= 0.6 is 0 Å². The van der Waals surface area contributed by atoms with Crippen LogP contribution in [-0.2, 0) is 4.79 Å². The molecule has 0 bridgehead atoms. The molecule has 0 fully saturated rings. The van der Waals surface area contributed by atoms with Crippen LogP contribution in [0, 0.1) is 27.7 Å². The minimum Gasteiger partial charge on any atom is -0.327 e. The van der Waals surface area contributed by atoms with E-state index < -0.39 is 39.9 Å². The van der Waals surface area contributed by atoms with Gasteiger partial charge in [0.1, 0.15) is 5.82 Å². The van der Waals surface area contributed by atoms with Crippen molar-refractivity contribution in [2.24, 2.45) is 11.7 Å². The number of nitrogens with zero attached hydrogens (tertiary/aromatic N) is 1. The van der Waals surface area contributed by atoms with Crippen LogP contribution in [0.15, 0.2) is 12.1 Å². The summed E-state index contributed by atoms with van der Waals surface area (Å²) in [5.74, 6) is -2.94. The predicted molar refractivity (Wildman–Crippen MR) is 69.1 cm³/mol. The van der Waals surface area contributed by atoms with Crippen LogP contribution in [0.25, 0.3) is 0 Å². The molecule has 0 saturated carbocycles. The van der Waals surface area contributed by atoms with Crippen LogP contribution in [0.3, 0.4) is 0 Å². The van der Waals surface area contributed by atoms with Gasteiger partial charge in [0.15, 0.2) is 11.5 Å². The number of nitro benzene ring substituents is 1. The van der Waals surface area contributed by atoms with Gasteiger partial charge in [0.25, 0.3) is 5.69 Å². The molecule has 0 aliphatic heterocycles. The molecule has 110 valence electrons. The lowest BCUT2D eigenvalue weighted by Gasteiger charge is -2.15. The molecule has 1 amide bonds. The number of halogens is 2. The summed E-state index contributed by atoms with van der Waals surface area (Å²) >= 11 is 0. The van der Waals surface area contributed by atoms with E-state index in [1.807, 2.05) is 0 Å². The smallest absolute Gasteiger partial charge is 0.298 e. The molecule has 0 aromatic heterocycles. The summed E-state index contributed by atoms with van der Waals surface area (Å²) in [5.41, 5.74) is 4.19. The van der Waals surface area contributed by atoms with E-state index in [0.29, 0.717) is 12.1 Å². The summed E-state index contributed by atoms with van der Waals surface area (Å²) in [4.78, 5) is 21.4. The van der Waals surface area contributed by atoms with Gasteiger partial charge in [-0.3, -0.25) is 14.9 Å². The van der Waals surface area contributed by atoms with Crippen LogP contribution in [0.1, 0.15) is 20.3 Å². The lowest BCUT2D eigenvalue weighted by molar-refractivity contribution is -0.384. The van der Waals surface area contributed by atoms with E-state index in [-0.39, 0.29) is 12.3 Å². The first kappa shape index (κ1) is 16.0. The molecule has 1 atom stereocenters. The Bertz CT molecular complexity index is 535. The van der Waals surface area contributed by atoms with E-state index >= 15 is 0 Å². The Labute approximate surface area is 114 Å². The second-order valence-electron chi connectivity index (χ2n) is 4.70. The van der Waals surface area contributed by atoms with Crippen molar-refractivity contribution in [1.29, 1.82) is 0 Å². The first-order chi connectivity index (χ1) is 9.22. The van der Waals surface area contributed by atoms with Crippen molar-refractivity contribution >= 4 is 17.3 Å². The predicted octanol–water partition coefficient (Wildman–Crippen LogP) is 2.18. The fraction of sp³-hybridized carbons (Fsp3) is 0.417. The number of carbonyl (C=O) groups excluding carboxylic acids is 1. The maximum atomic E-state index is 13.5. The summed E-state index contributed by atoms with van der Waals surface area (Å²) in [7, 11) is 0. The average molecular weight is 287 g/mol. The van der Waals surface area contributed by atoms with Crippen molar-refractivity contribution in [3.63, 3.8) is 0 Å². The van der Waals surface area contributed by atoms with Crippen molar-refractivity contribution < 1.29 is 18.5 Å². The van der Waals surface area contributed by atoms with Crippen LogP contribution < -0.4 is 11.1 Å². The molecular formula is C12H15F2N3O3. The second kappa shape index (κ2) is 6.38. The number of nitrogens with one attached hydrogen (secondary N) is 1. The van der Waals surface area contributed by atoms with Crippen molar-refractivity contribution in [3.8, 4) is 0 Å². The van der Waals surface area contributed by atoms with Gasteiger partial charge in [-0.15, -0.1) is 0 Å². The van der Waals surface area contributed by atoms with Gasteiger partial charge >= 0.3 is 0 Å². The monoisotopic (exact) mass is 287 g/mol. The minimum absolute atomic E-state index is 0.0220. The summed E-state index contributed by atoms with van der Waals surface area (Å²) in [6.07, 6.45) is -0.119. The number of anilines is 1. The number of nitrogens with two attached hydrogens (primary N) is 1. The van der Waals surface area contributed by atoms with Gasteiger partial charge in [0.2, 0.25) is 5.91 Å². The summed E-state index contributed by atoms with van der Waals surface area (Å²) in [6.45, 7) is 3.61. The third-order valence-electron chi connectivity index (χ3n) is 2.77. The lowest BCUT2D eigenvalue weighted by atomic mass is 10.0. The third-order valence-corrected chi connectivity index (χ3v) is 2.77. The molecule has 1 rings (SSSR count). The molecule has 0 heterocycles. The largest absolute Gasteiger partial charge is 0.327 e. The van der Waals surface area contributed by atoms with E-state index in [4.69, 9.17) is 5.73 Å². The SMILES string of the molecule is CC(C)C(N)CC(=O)Nc1c(F)cc(F)cc1[N+](=O)[O-]. The van der Waals surface area contributed by atoms with Gasteiger partial charge in [-0.05, 0) is 5.92 Å². The molecule has 0 spiro atoms. The lowest BCUT2D eigenvalue weighted by Crippen LogP contribution is -2.31. The van der Waals surface area contributed by atoms with Crippen LogP contribution in [0.4, 0.5) is 20.2 Å². The first-order valence-corrected chi connectivity index (χ1v) is 5.91. The third kappa shape index (κ3) is 3.95. The molecule has 6 nitrogen and oxygen atoms in total. The number of hydrogen-bond acceptors (Lipinski definition) is 4. The van der Waals surface area contributed by atoms with Crippen molar-refractivity contribution in [2.75, 3.05) is 5.32 Å². The van der Waals surface area contributed by atoms with Crippen LogP contribution in [-0.4, -0.2) is 16.9 Å². The van der Waals surface area contributed by atoms with E-state index in [9.17, 15) is 23.7 Å². The van der Waals surface area contributed by atoms with E-state index in [1.54, 1.807) is 13.8 Å². The molecule has 20 heavy (non-hydrogen) atoms. The highest BCUT2D eigenvalue weighted by atomic mass is 19.1. The topological polar surface area (TPSA) is 98.3 Å². The Morgan fingerprint density at radius 1 is 1.45 bits per heavy atom. The number of carbonyl (C=O) groups is 1. The quantitative estimate of drug-likeness (QED) is 0.640. The molecule has 3 N–H and O–H groups in total.